The number of carbonyl (C=O) groups excluding carboxylic acids is 1. The molecule has 6 heteroatoms. The number of benzene rings is 1. The van der Waals surface area contributed by atoms with E-state index in [4.69, 9.17) is 4.74 Å². The lowest BCUT2D eigenvalue weighted by Gasteiger charge is -2.26. The molecule has 0 aromatic heterocycles. The van der Waals surface area contributed by atoms with Gasteiger partial charge in [-0.2, -0.15) is 0 Å². The van der Waals surface area contributed by atoms with E-state index in [1.54, 1.807) is 32.9 Å². The molecule has 0 aliphatic carbocycles. The molecule has 1 aromatic carbocycles. The summed E-state index contributed by atoms with van der Waals surface area (Å²) in [5, 5.41) is 9.35. The molecule has 0 bridgehead atoms. The standard InChI is InChI=1S/C17H22FNO4/c1-17(2,3)23-16(22)19-10-12(9-14(19)15(20)21)8-11-4-6-13(18)7-5-11/h4-7,12,14H,8-10H2,1-3H3,(H,20,21)/t12-,14+/m1/s1. The van der Waals surface area contributed by atoms with E-state index in [0.29, 0.717) is 19.4 Å². The lowest BCUT2D eigenvalue weighted by Crippen LogP contribution is -2.43. The predicted molar refractivity (Wildman–Crippen MR) is 82.6 cm³/mol. The van der Waals surface area contributed by atoms with Gasteiger partial charge in [0.25, 0.3) is 0 Å². The number of hydrogen-bond acceptors (Lipinski definition) is 3. The summed E-state index contributed by atoms with van der Waals surface area (Å²) < 4.78 is 18.2. The number of likely N-dealkylation sites (tertiary alicyclic amines) is 1. The summed E-state index contributed by atoms with van der Waals surface area (Å²) in [7, 11) is 0. The minimum absolute atomic E-state index is 0.00841. The molecule has 0 saturated carbocycles. The Balaban J connectivity index is 2.06. The van der Waals surface area contributed by atoms with Gasteiger partial charge >= 0.3 is 12.1 Å². The normalized spacial score (nSPS) is 21.3. The van der Waals surface area contributed by atoms with Crippen LogP contribution in [0.1, 0.15) is 32.8 Å². The minimum atomic E-state index is -1.03. The van der Waals surface area contributed by atoms with Crippen molar-refractivity contribution in [3.05, 3.63) is 35.6 Å². The number of nitrogens with zero attached hydrogens (tertiary/aromatic N) is 1. The second kappa shape index (κ2) is 6.56. The number of amides is 1. The number of rotatable bonds is 3. The quantitative estimate of drug-likeness (QED) is 0.928. The third kappa shape index (κ3) is 4.68. The molecule has 1 fully saturated rings. The molecule has 23 heavy (non-hydrogen) atoms. The number of carboxylic acids is 1. The monoisotopic (exact) mass is 323 g/mol. The molecule has 0 radical (unpaired) electrons. The van der Waals surface area contributed by atoms with Crippen LogP contribution < -0.4 is 0 Å². The first-order valence-electron chi connectivity index (χ1n) is 7.62. The highest BCUT2D eigenvalue weighted by Crippen LogP contribution is 2.28. The van der Waals surface area contributed by atoms with E-state index in [2.05, 4.69) is 0 Å². The van der Waals surface area contributed by atoms with Crippen molar-refractivity contribution < 1.29 is 23.8 Å². The fraction of sp³-hybridized carbons (Fsp3) is 0.529. The van der Waals surface area contributed by atoms with E-state index in [0.717, 1.165) is 5.56 Å². The minimum Gasteiger partial charge on any atom is -0.480 e. The van der Waals surface area contributed by atoms with Crippen molar-refractivity contribution in [2.45, 2.75) is 45.3 Å². The van der Waals surface area contributed by atoms with Crippen LogP contribution in [0.15, 0.2) is 24.3 Å². The zero-order chi connectivity index (χ0) is 17.2. The molecule has 0 unspecified atom stereocenters. The van der Waals surface area contributed by atoms with Crippen LogP contribution in [0.5, 0.6) is 0 Å². The fourth-order valence-electron chi connectivity index (χ4n) is 2.78. The Morgan fingerprint density at radius 2 is 1.91 bits per heavy atom. The van der Waals surface area contributed by atoms with Crippen LogP contribution in [-0.2, 0) is 16.0 Å². The first-order valence-corrected chi connectivity index (χ1v) is 7.62. The molecule has 126 valence electrons. The van der Waals surface area contributed by atoms with Gasteiger partial charge in [0, 0.05) is 6.54 Å². The summed E-state index contributed by atoms with van der Waals surface area (Å²) >= 11 is 0. The second-order valence-electron chi connectivity index (χ2n) is 6.92. The summed E-state index contributed by atoms with van der Waals surface area (Å²) in [5.41, 5.74) is 0.251. The van der Waals surface area contributed by atoms with Gasteiger partial charge in [0.15, 0.2) is 0 Å². The van der Waals surface area contributed by atoms with Crippen LogP contribution in [0.3, 0.4) is 0 Å². The highest BCUT2D eigenvalue weighted by molar-refractivity contribution is 5.81. The van der Waals surface area contributed by atoms with Crippen molar-refractivity contribution in [1.82, 2.24) is 4.90 Å². The Kier molecular flexibility index (Phi) is 4.92. The summed E-state index contributed by atoms with van der Waals surface area (Å²) in [6.45, 7) is 5.55. The van der Waals surface area contributed by atoms with Crippen LogP contribution in [0.25, 0.3) is 0 Å². The van der Waals surface area contributed by atoms with Gasteiger partial charge in [0.1, 0.15) is 17.5 Å². The van der Waals surface area contributed by atoms with Gasteiger partial charge in [-0.05, 0) is 57.2 Å². The molecule has 1 aromatic rings. The van der Waals surface area contributed by atoms with Crippen LogP contribution in [0, 0.1) is 11.7 Å². The average molecular weight is 323 g/mol. The topological polar surface area (TPSA) is 66.8 Å². The molecule has 1 heterocycles. The Bertz CT molecular complexity index is 579. The van der Waals surface area contributed by atoms with Gasteiger partial charge in [0.05, 0.1) is 0 Å². The molecule has 0 spiro atoms. The molecule has 2 rings (SSSR count). The lowest BCUT2D eigenvalue weighted by atomic mass is 9.97. The maximum atomic E-state index is 12.9. The molecular formula is C17H22FNO4. The van der Waals surface area contributed by atoms with Crippen LogP contribution in [0.4, 0.5) is 9.18 Å². The van der Waals surface area contributed by atoms with Gasteiger partial charge in [-0.1, -0.05) is 12.1 Å². The third-order valence-corrected chi connectivity index (χ3v) is 3.74. The summed E-state index contributed by atoms with van der Waals surface area (Å²) in [4.78, 5) is 24.9. The summed E-state index contributed by atoms with van der Waals surface area (Å²) in [6, 6.07) is 5.24. The van der Waals surface area contributed by atoms with E-state index >= 15 is 0 Å². The number of ether oxygens (including phenoxy) is 1. The predicted octanol–water partition coefficient (Wildman–Crippen LogP) is 3.08. The Hall–Kier alpha value is -2.11. The zero-order valence-electron chi connectivity index (χ0n) is 13.6. The van der Waals surface area contributed by atoms with Gasteiger partial charge in [-0.3, -0.25) is 4.90 Å². The fourth-order valence-corrected chi connectivity index (χ4v) is 2.78. The number of hydrogen-bond donors (Lipinski definition) is 1. The summed E-state index contributed by atoms with van der Waals surface area (Å²) in [5.74, 6) is -1.33. The average Bonchev–Trinajstić information content (AvgIpc) is 2.84. The Morgan fingerprint density at radius 3 is 2.43 bits per heavy atom. The largest absolute Gasteiger partial charge is 0.480 e. The van der Waals surface area contributed by atoms with Crippen molar-refractivity contribution in [1.29, 1.82) is 0 Å². The molecule has 5 nitrogen and oxygen atoms in total. The number of carboxylic acid groups (broad SMARTS) is 1. The van der Waals surface area contributed by atoms with Crippen LogP contribution in [-0.4, -0.2) is 40.3 Å². The SMILES string of the molecule is CC(C)(C)OC(=O)N1C[C@H](Cc2ccc(F)cc2)C[C@H]1C(=O)O. The van der Waals surface area contributed by atoms with Crippen molar-refractivity contribution in [2.75, 3.05) is 6.54 Å². The smallest absolute Gasteiger partial charge is 0.411 e. The van der Waals surface area contributed by atoms with Crippen molar-refractivity contribution in [3.63, 3.8) is 0 Å². The molecule has 2 atom stereocenters. The molecule has 1 N–H and O–H groups in total. The van der Waals surface area contributed by atoms with E-state index in [1.165, 1.54) is 17.0 Å². The molecule has 1 amide bonds. The van der Waals surface area contributed by atoms with Crippen LogP contribution in [0.2, 0.25) is 0 Å². The number of halogens is 1. The zero-order valence-corrected chi connectivity index (χ0v) is 13.6. The maximum absolute atomic E-state index is 12.9. The highest BCUT2D eigenvalue weighted by Gasteiger charge is 2.41. The van der Waals surface area contributed by atoms with Gasteiger partial charge in [-0.25, -0.2) is 14.0 Å². The van der Waals surface area contributed by atoms with Crippen molar-refractivity contribution in [2.24, 2.45) is 5.92 Å². The van der Waals surface area contributed by atoms with E-state index in [1.807, 2.05) is 0 Å². The Morgan fingerprint density at radius 1 is 1.30 bits per heavy atom. The van der Waals surface area contributed by atoms with Gasteiger partial charge < -0.3 is 9.84 Å². The first kappa shape index (κ1) is 17.2. The van der Waals surface area contributed by atoms with Gasteiger partial charge in [0.2, 0.25) is 0 Å². The lowest BCUT2D eigenvalue weighted by molar-refractivity contribution is -0.142. The maximum Gasteiger partial charge on any atom is 0.411 e. The number of aliphatic carboxylic acids is 1. The number of carbonyl (C=O) groups is 2. The van der Waals surface area contributed by atoms with Crippen LogP contribution >= 0.6 is 0 Å². The van der Waals surface area contributed by atoms with E-state index in [9.17, 15) is 19.1 Å². The molecule has 1 saturated heterocycles. The van der Waals surface area contributed by atoms with Crippen molar-refractivity contribution >= 4 is 12.1 Å². The first-order chi connectivity index (χ1) is 10.7. The summed E-state index contributed by atoms with van der Waals surface area (Å²) in [6.07, 6.45) is 0.362. The van der Waals surface area contributed by atoms with E-state index in [-0.39, 0.29) is 11.7 Å². The van der Waals surface area contributed by atoms with Crippen molar-refractivity contribution in [3.8, 4) is 0 Å². The van der Waals surface area contributed by atoms with E-state index < -0.39 is 23.7 Å². The molecular weight excluding hydrogens is 301 g/mol. The Labute approximate surface area is 135 Å². The molecule has 1 aliphatic rings. The van der Waals surface area contributed by atoms with Gasteiger partial charge in [-0.15, -0.1) is 0 Å². The highest BCUT2D eigenvalue weighted by atomic mass is 19.1. The molecule has 1 aliphatic heterocycles. The second-order valence-corrected chi connectivity index (χ2v) is 6.92. The third-order valence-electron chi connectivity index (χ3n) is 3.74.